The van der Waals surface area contributed by atoms with Crippen molar-refractivity contribution in [2.24, 2.45) is 28.4 Å². The summed E-state index contributed by atoms with van der Waals surface area (Å²) in [4.78, 5) is 55.9. The summed E-state index contributed by atoms with van der Waals surface area (Å²) in [5.41, 5.74) is 9.04. The number of carbonyl (C=O) groups excluding carboxylic acids is 4. The highest BCUT2D eigenvalue weighted by atomic mass is 35.5. The number of nitrogens with zero attached hydrogens (tertiary/aromatic N) is 4. The van der Waals surface area contributed by atoms with E-state index >= 15 is 0 Å². The van der Waals surface area contributed by atoms with Gasteiger partial charge in [-0.15, -0.1) is 24.8 Å². The lowest BCUT2D eigenvalue weighted by atomic mass is 9.81. The number of aromatic nitrogens is 4. The number of ether oxygens (including phenoxy) is 4. The number of esters is 4. The monoisotopic (exact) mass is 938 g/mol. The number of nitrogens with two attached hydrogens (primary N) is 1. The maximum atomic E-state index is 12.2. The Morgan fingerprint density at radius 2 is 1.08 bits per heavy atom. The molecule has 0 saturated carbocycles. The van der Waals surface area contributed by atoms with Gasteiger partial charge >= 0.3 is 23.9 Å². The van der Waals surface area contributed by atoms with E-state index in [1.807, 2.05) is 112 Å². The summed E-state index contributed by atoms with van der Waals surface area (Å²) in [6, 6.07) is 15.6. The molecule has 0 aliphatic carbocycles. The summed E-state index contributed by atoms with van der Waals surface area (Å²) in [5, 5.41) is 2.98. The van der Waals surface area contributed by atoms with E-state index < -0.39 is 43.4 Å². The molecule has 2 atom stereocenters. The number of hydrogen-bond acceptors (Lipinski definition) is 12. The third-order valence-electron chi connectivity index (χ3n) is 8.74. The van der Waals surface area contributed by atoms with Crippen molar-refractivity contribution in [2.75, 3.05) is 33.7 Å². The summed E-state index contributed by atoms with van der Waals surface area (Å²) in [7, 11) is 3.03. The van der Waals surface area contributed by atoms with Gasteiger partial charge in [-0.3, -0.25) is 9.59 Å². The van der Waals surface area contributed by atoms with Gasteiger partial charge in [0.2, 0.25) is 13.6 Å². The zero-order valence-electron chi connectivity index (χ0n) is 39.4. The van der Waals surface area contributed by atoms with Crippen molar-refractivity contribution in [3.05, 3.63) is 120 Å². The molecule has 16 heteroatoms. The van der Waals surface area contributed by atoms with Crippen molar-refractivity contribution >= 4 is 60.8 Å². The van der Waals surface area contributed by atoms with Crippen LogP contribution in [0.1, 0.15) is 103 Å². The molecule has 0 saturated heterocycles. The zero-order chi connectivity index (χ0) is 46.6. The van der Waals surface area contributed by atoms with E-state index in [1.54, 1.807) is 51.2 Å². The first kappa shape index (κ1) is 60.8. The largest absolute Gasteiger partial charge is 0.428 e. The molecule has 360 valence electrons. The van der Waals surface area contributed by atoms with Crippen molar-refractivity contribution in [2.45, 2.75) is 90.7 Å². The third-order valence-corrected chi connectivity index (χ3v) is 8.74. The third kappa shape index (κ3) is 25.1. The van der Waals surface area contributed by atoms with Crippen LogP contribution in [0.15, 0.2) is 98.1 Å². The molecule has 0 spiro atoms. The lowest BCUT2D eigenvalue weighted by Crippen LogP contribution is -2.37. The summed E-state index contributed by atoms with van der Waals surface area (Å²) >= 11 is 0. The Hall–Kier alpha value is -5.28. The molecule has 4 rings (SSSR count). The van der Waals surface area contributed by atoms with Gasteiger partial charge in [-0.25, -0.2) is 19.6 Å². The molecule has 2 unspecified atom stereocenters. The first-order chi connectivity index (χ1) is 29.5. The van der Waals surface area contributed by atoms with Crippen molar-refractivity contribution in [1.82, 2.24) is 24.4 Å². The molecule has 0 aliphatic rings. The number of rotatable bonds is 17. The molecule has 2 heterocycles. The van der Waals surface area contributed by atoms with Crippen molar-refractivity contribution < 1.29 is 40.9 Å². The van der Waals surface area contributed by atoms with E-state index in [2.05, 4.69) is 15.3 Å². The molecule has 0 aliphatic heterocycles. The summed E-state index contributed by atoms with van der Waals surface area (Å²) in [6.07, 6.45) is 16.7. The smallest absolute Gasteiger partial charge is 0.333 e. The number of carbonyl (C=O) groups is 4. The van der Waals surface area contributed by atoms with E-state index in [-0.39, 0.29) is 63.0 Å². The van der Waals surface area contributed by atoms with Gasteiger partial charge in [0.1, 0.15) is 0 Å². The minimum atomic E-state index is -0.588. The highest BCUT2D eigenvalue weighted by Crippen LogP contribution is 2.27. The predicted octanol–water partition coefficient (Wildman–Crippen LogP) is 9.26. The van der Waals surface area contributed by atoms with Crippen LogP contribution in [-0.2, 0) is 51.2 Å². The lowest BCUT2D eigenvalue weighted by molar-refractivity contribution is -0.171. The topological polar surface area (TPSA) is 179 Å². The molecule has 0 bridgehead atoms. The Bertz CT molecular complexity index is 1920. The fourth-order valence-electron chi connectivity index (χ4n) is 5.32. The Morgan fingerprint density at radius 1 is 0.719 bits per heavy atom. The van der Waals surface area contributed by atoms with Crippen LogP contribution in [0.25, 0.3) is 12.2 Å². The predicted molar refractivity (Wildman–Crippen MR) is 263 cm³/mol. The van der Waals surface area contributed by atoms with Crippen molar-refractivity contribution in [1.29, 1.82) is 0 Å². The molecule has 2 aromatic heterocycles. The minimum absolute atomic E-state index is 0. The molecular formula is C48H76Cl2N6O8. The highest BCUT2D eigenvalue weighted by molar-refractivity contribution is 5.87. The molecule has 3 N–H and O–H groups in total. The van der Waals surface area contributed by atoms with Crippen molar-refractivity contribution in [3.8, 4) is 0 Å². The quantitative estimate of drug-likeness (QED) is 0.0583. The molecular weight excluding hydrogens is 859 g/mol. The van der Waals surface area contributed by atoms with Crippen LogP contribution >= 0.6 is 24.8 Å². The average molecular weight is 939 g/mol. The lowest BCUT2D eigenvalue weighted by Gasteiger charge is -2.28. The number of benzene rings is 2. The van der Waals surface area contributed by atoms with E-state index in [9.17, 15) is 19.2 Å². The van der Waals surface area contributed by atoms with Gasteiger partial charge in [0.05, 0.1) is 24.5 Å². The van der Waals surface area contributed by atoms with Crippen LogP contribution in [0.5, 0.6) is 0 Å². The maximum Gasteiger partial charge on any atom is 0.333 e. The molecule has 0 fully saturated rings. The van der Waals surface area contributed by atoms with Gasteiger partial charge in [0.25, 0.3) is 0 Å². The van der Waals surface area contributed by atoms with E-state index in [0.717, 1.165) is 35.3 Å². The molecule has 4 aromatic rings. The molecule has 64 heavy (non-hydrogen) atoms. The van der Waals surface area contributed by atoms with Gasteiger partial charge in [-0.1, -0.05) is 126 Å². The van der Waals surface area contributed by atoms with Gasteiger partial charge in [-0.2, -0.15) is 0 Å². The molecule has 0 amide bonds. The standard InChI is InChI=1S/C22H29N3O4.C21H27N3O4.C2H6.3CH4.2ClH/c1-22(2,3)19(13-23-4)21(27)29-16-28-20(26)10-9-17-5-7-18(8-6-17)14-25-12-11-24-15-25;1-21(2,3)18(12-22)20(26)28-15-27-19(25)9-8-16-4-6-17(7-5-16)13-24-11-10-23-14-24;1-2;;;;;/h5-12,15,19,23H,13-14,16H2,1-4H3;4-11,14,18H,12-13,15,22H2,1-3H3;1-2H3;3*1H4;2*1H/b10-9+;9-8+;;;;;;/i;;1D;1T;;;;. The molecule has 14 nitrogen and oxygen atoms in total. The Morgan fingerprint density at radius 3 is 1.38 bits per heavy atom. The summed E-state index contributed by atoms with van der Waals surface area (Å²) in [6.45, 7) is 15.2. The van der Waals surface area contributed by atoms with Crippen LogP contribution in [0.3, 0.4) is 0 Å². The van der Waals surface area contributed by atoms with Crippen LogP contribution in [-0.4, -0.2) is 76.7 Å². The zero-order valence-corrected chi connectivity index (χ0v) is 39.1. The average Bonchev–Trinajstić information content (AvgIpc) is 3.95. The van der Waals surface area contributed by atoms with Gasteiger partial charge in [-0.05, 0) is 52.3 Å². The minimum Gasteiger partial charge on any atom is -0.428 e. The van der Waals surface area contributed by atoms with Crippen LogP contribution in [0, 0.1) is 22.7 Å². The van der Waals surface area contributed by atoms with Gasteiger partial charge in [0, 0.05) is 65.9 Å². The second kappa shape index (κ2) is 34.2. The normalized spacial score (nSPS) is 11.7. The fraction of sp³-hybridized carbons (Fsp3) is 0.458. The Kier molecular flexibility index (Phi) is 32.5. The maximum absolute atomic E-state index is 12.2. The van der Waals surface area contributed by atoms with E-state index in [0.29, 0.717) is 13.4 Å². The van der Waals surface area contributed by atoms with Gasteiger partial charge in [0.15, 0.2) is 0 Å². The van der Waals surface area contributed by atoms with E-state index in [1.165, 1.54) is 19.6 Å². The summed E-state index contributed by atoms with van der Waals surface area (Å²) in [5.74, 6) is -2.81. The second-order valence-electron chi connectivity index (χ2n) is 15.3. The number of hydrogen-bond donors (Lipinski definition) is 2. The molecule has 0 radical (unpaired) electrons. The Labute approximate surface area is 398 Å². The Balaban J connectivity index is -0.000000503. The van der Waals surface area contributed by atoms with Crippen LogP contribution in [0.4, 0.5) is 0 Å². The van der Waals surface area contributed by atoms with Crippen molar-refractivity contribution in [3.63, 3.8) is 0 Å². The highest BCUT2D eigenvalue weighted by Gasteiger charge is 2.32. The van der Waals surface area contributed by atoms with E-state index in [4.69, 9.17) is 27.4 Å². The second-order valence-corrected chi connectivity index (χ2v) is 15.3. The number of halogens is 2. The SMILES string of the molecule is C.C.CC(C)(C)C(CN)C(=O)OCOC(=O)/C=C/c1ccc(Cn2ccnc2)cc1.CNCC(C(=O)OCOC(=O)/C=C/c1ccc(Cn2ccnc2)cc1)C(C)(C)C.Cl.Cl.[2H]CC.[3H]C. The van der Waals surface area contributed by atoms with Gasteiger partial charge < -0.3 is 39.1 Å². The number of imidazole rings is 2. The fourth-order valence-corrected chi connectivity index (χ4v) is 5.32. The summed E-state index contributed by atoms with van der Waals surface area (Å²) < 4.78 is 35.9. The van der Waals surface area contributed by atoms with Crippen LogP contribution < -0.4 is 11.1 Å². The molecule has 2 aromatic carbocycles. The first-order valence-electron chi connectivity index (χ1n) is 21.0. The first-order valence-corrected chi connectivity index (χ1v) is 19.3. The number of nitrogens with one attached hydrogen (secondary N) is 1. The van der Waals surface area contributed by atoms with Crippen LogP contribution in [0.2, 0.25) is 0 Å².